The van der Waals surface area contributed by atoms with Gasteiger partial charge in [-0.15, -0.1) is 0 Å². The molecule has 0 saturated heterocycles. The molecule has 4 rings (SSSR count). The molecule has 4 fully saturated rings. The number of hydrogen-bond acceptors (Lipinski definition) is 2. The van der Waals surface area contributed by atoms with Crippen molar-refractivity contribution < 1.29 is 0 Å². The summed E-state index contributed by atoms with van der Waals surface area (Å²) in [5.74, 6) is 3.99. The normalized spacial score (nSPS) is 43.5. The fourth-order valence-corrected chi connectivity index (χ4v) is 4.53. The van der Waals surface area contributed by atoms with Crippen LogP contribution in [0.3, 0.4) is 0 Å². The minimum Gasteiger partial charge on any atom is -0.192 e. The molecule has 0 aromatic rings. The third kappa shape index (κ3) is 1.45. The van der Waals surface area contributed by atoms with Gasteiger partial charge in [-0.05, 0) is 61.7 Å². The summed E-state index contributed by atoms with van der Waals surface area (Å²) in [5.41, 5.74) is 0.331. The molecule has 4 aliphatic carbocycles. The minimum absolute atomic E-state index is 0.331. The average molecular weight is 212 g/mol. The van der Waals surface area contributed by atoms with E-state index in [-0.39, 0.29) is 0 Å². The Balaban J connectivity index is 1.85. The third-order valence-corrected chi connectivity index (χ3v) is 4.90. The van der Waals surface area contributed by atoms with Gasteiger partial charge in [0.25, 0.3) is 0 Å². The second-order valence-electron chi connectivity index (χ2n) is 5.81. The van der Waals surface area contributed by atoms with Crippen LogP contribution in [0.15, 0.2) is 11.6 Å². The van der Waals surface area contributed by atoms with Crippen LogP contribution < -0.4 is 0 Å². The Hall–Kier alpha value is -1.28. The topological polar surface area (TPSA) is 47.6 Å². The minimum atomic E-state index is 0.331. The van der Waals surface area contributed by atoms with E-state index in [1.165, 1.54) is 32.1 Å². The van der Waals surface area contributed by atoms with Gasteiger partial charge in [-0.3, -0.25) is 0 Å². The van der Waals surface area contributed by atoms with Gasteiger partial charge in [-0.1, -0.05) is 6.08 Å². The summed E-state index contributed by atoms with van der Waals surface area (Å²) >= 11 is 0. The van der Waals surface area contributed by atoms with Gasteiger partial charge < -0.3 is 0 Å². The summed E-state index contributed by atoms with van der Waals surface area (Å²) in [6.07, 6.45) is 8.81. The highest BCUT2D eigenvalue weighted by atomic mass is 14.5. The Morgan fingerprint density at radius 2 is 1.38 bits per heavy atom. The number of allylic oxidation sites excluding steroid dienone is 2. The Labute approximate surface area is 96.6 Å². The van der Waals surface area contributed by atoms with Crippen molar-refractivity contribution in [3.8, 4) is 12.1 Å². The highest BCUT2D eigenvalue weighted by molar-refractivity contribution is 5.36. The first-order valence-corrected chi connectivity index (χ1v) is 6.32. The molecule has 4 bridgehead atoms. The van der Waals surface area contributed by atoms with E-state index in [1.807, 2.05) is 18.2 Å². The SMILES string of the molecule is N#CC(C#N)=CC1C2CC3CC(C2)CC1C3. The van der Waals surface area contributed by atoms with E-state index in [1.54, 1.807) is 0 Å². The molecule has 0 unspecified atom stereocenters. The van der Waals surface area contributed by atoms with Crippen molar-refractivity contribution in [2.24, 2.45) is 29.6 Å². The largest absolute Gasteiger partial charge is 0.192 e. The second-order valence-corrected chi connectivity index (χ2v) is 5.81. The summed E-state index contributed by atoms with van der Waals surface area (Å²) in [6, 6.07) is 4.02. The monoisotopic (exact) mass is 212 g/mol. The van der Waals surface area contributed by atoms with E-state index in [0.717, 1.165) is 23.7 Å². The van der Waals surface area contributed by atoms with Gasteiger partial charge in [0.05, 0.1) is 0 Å². The predicted octanol–water partition coefficient (Wildman–Crippen LogP) is 3.03. The van der Waals surface area contributed by atoms with Crippen molar-refractivity contribution >= 4 is 0 Å². The zero-order valence-corrected chi connectivity index (χ0v) is 9.39. The third-order valence-electron chi connectivity index (χ3n) is 4.90. The molecule has 4 aliphatic rings. The highest BCUT2D eigenvalue weighted by Gasteiger charge is 2.47. The lowest BCUT2D eigenvalue weighted by molar-refractivity contribution is -0.0162. The van der Waals surface area contributed by atoms with Crippen LogP contribution in [0.1, 0.15) is 32.1 Å². The smallest absolute Gasteiger partial charge is 0.126 e. The van der Waals surface area contributed by atoms with Gasteiger partial charge in [0, 0.05) is 0 Å². The number of nitrogens with zero attached hydrogens (tertiary/aromatic N) is 2. The van der Waals surface area contributed by atoms with E-state index in [9.17, 15) is 0 Å². The molecule has 0 aromatic heterocycles. The van der Waals surface area contributed by atoms with Crippen LogP contribution in [0.5, 0.6) is 0 Å². The molecular formula is C14H16N2. The number of hydrogen-bond donors (Lipinski definition) is 0. The van der Waals surface area contributed by atoms with Gasteiger partial charge in [0.2, 0.25) is 0 Å². The van der Waals surface area contributed by atoms with E-state index < -0.39 is 0 Å². The van der Waals surface area contributed by atoms with Gasteiger partial charge in [-0.25, -0.2) is 0 Å². The molecule has 0 heterocycles. The average Bonchev–Trinajstić information content (AvgIpc) is 2.28. The van der Waals surface area contributed by atoms with Gasteiger partial charge in [0.1, 0.15) is 17.7 Å². The lowest BCUT2D eigenvalue weighted by Crippen LogP contribution is -2.44. The molecular weight excluding hydrogens is 196 g/mol. The summed E-state index contributed by atoms with van der Waals surface area (Å²) in [5, 5.41) is 17.7. The first-order chi connectivity index (χ1) is 7.80. The van der Waals surface area contributed by atoms with E-state index in [2.05, 4.69) is 0 Å². The molecule has 0 amide bonds. The lowest BCUT2D eigenvalue weighted by Gasteiger charge is -2.53. The van der Waals surface area contributed by atoms with Crippen molar-refractivity contribution in [3.63, 3.8) is 0 Å². The van der Waals surface area contributed by atoms with Crippen molar-refractivity contribution in [1.29, 1.82) is 10.5 Å². The molecule has 0 atom stereocenters. The predicted molar refractivity (Wildman–Crippen MR) is 59.8 cm³/mol. The highest BCUT2D eigenvalue weighted by Crippen LogP contribution is 2.56. The summed E-state index contributed by atoms with van der Waals surface area (Å²) in [4.78, 5) is 0. The fourth-order valence-electron chi connectivity index (χ4n) is 4.53. The standard InChI is InChI=1S/C14H16N2/c15-7-11(8-16)6-14-12-2-9-1-10(4-12)5-13(14)3-9/h6,9-10,12-14H,1-5H2. The molecule has 2 heteroatoms. The van der Waals surface area contributed by atoms with Crippen molar-refractivity contribution in [3.05, 3.63) is 11.6 Å². The van der Waals surface area contributed by atoms with E-state index >= 15 is 0 Å². The van der Waals surface area contributed by atoms with Crippen LogP contribution >= 0.6 is 0 Å². The Bertz CT molecular complexity index is 363. The van der Waals surface area contributed by atoms with Crippen LogP contribution in [0.4, 0.5) is 0 Å². The maximum absolute atomic E-state index is 8.84. The van der Waals surface area contributed by atoms with Gasteiger partial charge in [-0.2, -0.15) is 10.5 Å². The fraction of sp³-hybridized carbons (Fsp3) is 0.714. The molecule has 16 heavy (non-hydrogen) atoms. The molecule has 0 aromatic carbocycles. The van der Waals surface area contributed by atoms with E-state index in [4.69, 9.17) is 10.5 Å². The first kappa shape index (κ1) is 9.91. The van der Waals surface area contributed by atoms with Crippen LogP contribution in [0.2, 0.25) is 0 Å². The molecule has 4 saturated carbocycles. The van der Waals surface area contributed by atoms with Gasteiger partial charge >= 0.3 is 0 Å². The summed E-state index contributed by atoms with van der Waals surface area (Å²) in [6.45, 7) is 0. The zero-order valence-electron chi connectivity index (χ0n) is 9.39. The van der Waals surface area contributed by atoms with Crippen molar-refractivity contribution in [2.45, 2.75) is 32.1 Å². The summed E-state index contributed by atoms with van der Waals surface area (Å²) in [7, 11) is 0. The van der Waals surface area contributed by atoms with Crippen LogP contribution in [-0.2, 0) is 0 Å². The lowest BCUT2D eigenvalue weighted by atomic mass is 9.52. The molecule has 0 aliphatic heterocycles. The molecule has 0 N–H and O–H groups in total. The number of rotatable bonds is 1. The van der Waals surface area contributed by atoms with Gasteiger partial charge in [0.15, 0.2) is 0 Å². The van der Waals surface area contributed by atoms with E-state index in [0.29, 0.717) is 11.5 Å². The molecule has 0 radical (unpaired) electrons. The zero-order chi connectivity index (χ0) is 11.1. The van der Waals surface area contributed by atoms with Crippen LogP contribution in [-0.4, -0.2) is 0 Å². The van der Waals surface area contributed by atoms with Crippen molar-refractivity contribution in [2.75, 3.05) is 0 Å². The quantitative estimate of drug-likeness (QED) is 0.627. The molecule has 0 spiro atoms. The van der Waals surface area contributed by atoms with Crippen molar-refractivity contribution in [1.82, 2.24) is 0 Å². The number of nitriles is 2. The summed E-state index contributed by atoms with van der Waals surface area (Å²) < 4.78 is 0. The maximum atomic E-state index is 8.84. The van der Waals surface area contributed by atoms with Crippen LogP contribution in [0.25, 0.3) is 0 Å². The Morgan fingerprint density at radius 3 is 1.81 bits per heavy atom. The molecule has 2 nitrogen and oxygen atoms in total. The first-order valence-electron chi connectivity index (χ1n) is 6.32. The van der Waals surface area contributed by atoms with Crippen LogP contribution in [0, 0.1) is 52.3 Å². The Morgan fingerprint density at radius 1 is 0.875 bits per heavy atom. The maximum Gasteiger partial charge on any atom is 0.126 e. The molecule has 82 valence electrons. The Kier molecular flexibility index (Phi) is 2.25. The second kappa shape index (κ2) is 3.63.